The largest absolute Gasteiger partial charge is 0.300 e. The van der Waals surface area contributed by atoms with Gasteiger partial charge in [-0.05, 0) is 44.1 Å². The monoisotopic (exact) mass is 344 g/mol. The zero-order valence-electron chi connectivity index (χ0n) is 16.3. The van der Waals surface area contributed by atoms with E-state index in [2.05, 4.69) is 37.3 Å². The number of rotatable bonds is 15. The average molecular weight is 345 g/mol. The van der Waals surface area contributed by atoms with Gasteiger partial charge in [0.25, 0.3) is 0 Å². The van der Waals surface area contributed by atoms with Crippen molar-refractivity contribution < 1.29 is 9.59 Å². The quantitative estimate of drug-likeness (QED) is 0.349. The summed E-state index contributed by atoms with van der Waals surface area (Å²) in [7, 11) is 0. The highest BCUT2D eigenvalue weighted by Gasteiger charge is 2.14. The van der Waals surface area contributed by atoms with E-state index in [0.717, 1.165) is 44.9 Å². The molecular formula is C23H36O2. The van der Waals surface area contributed by atoms with Crippen LogP contribution < -0.4 is 0 Å². The summed E-state index contributed by atoms with van der Waals surface area (Å²) in [5.74, 6) is 1.05. The van der Waals surface area contributed by atoms with E-state index >= 15 is 0 Å². The SMILES string of the molecule is CCCC[C@H](CCC(C)=O)CC(=O)CCCCCCc1ccccc1. The molecule has 1 rings (SSSR count). The van der Waals surface area contributed by atoms with Crippen molar-refractivity contribution in [3.63, 3.8) is 0 Å². The molecule has 0 heterocycles. The van der Waals surface area contributed by atoms with E-state index in [0.29, 0.717) is 31.0 Å². The number of benzene rings is 1. The fraction of sp³-hybridized carbons (Fsp3) is 0.652. The van der Waals surface area contributed by atoms with Crippen LogP contribution in [0.4, 0.5) is 0 Å². The first-order chi connectivity index (χ1) is 12.1. The molecule has 0 aromatic heterocycles. The van der Waals surface area contributed by atoms with Crippen molar-refractivity contribution in [2.45, 2.75) is 90.9 Å². The number of carbonyl (C=O) groups is 2. The molecule has 0 aliphatic heterocycles. The number of ketones is 2. The second-order valence-corrected chi connectivity index (χ2v) is 7.39. The molecule has 0 saturated heterocycles. The number of carbonyl (C=O) groups excluding carboxylic acids is 2. The van der Waals surface area contributed by atoms with Gasteiger partial charge in [-0.25, -0.2) is 0 Å². The minimum absolute atomic E-state index is 0.243. The first kappa shape index (κ1) is 21.6. The van der Waals surface area contributed by atoms with Gasteiger partial charge >= 0.3 is 0 Å². The van der Waals surface area contributed by atoms with Crippen LogP contribution in [-0.4, -0.2) is 11.6 Å². The summed E-state index contributed by atoms with van der Waals surface area (Å²) in [6.07, 6.45) is 12.0. The minimum atomic E-state index is 0.243. The lowest BCUT2D eigenvalue weighted by Gasteiger charge is -2.15. The summed E-state index contributed by atoms with van der Waals surface area (Å²) < 4.78 is 0. The Bertz CT molecular complexity index is 478. The molecule has 2 nitrogen and oxygen atoms in total. The molecule has 2 heteroatoms. The third kappa shape index (κ3) is 11.7. The fourth-order valence-corrected chi connectivity index (χ4v) is 3.32. The number of unbranched alkanes of at least 4 members (excludes halogenated alkanes) is 4. The van der Waals surface area contributed by atoms with Gasteiger partial charge in [-0.3, -0.25) is 4.79 Å². The Labute approximate surface area is 154 Å². The van der Waals surface area contributed by atoms with Crippen LogP contribution in [0.5, 0.6) is 0 Å². The maximum absolute atomic E-state index is 12.2. The van der Waals surface area contributed by atoms with Crippen LogP contribution in [0, 0.1) is 5.92 Å². The van der Waals surface area contributed by atoms with Crippen LogP contribution in [0.2, 0.25) is 0 Å². The van der Waals surface area contributed by atoms with Gasteiger partial charge in [0.05, 0.1) is 0 Å². The molecule has 1 aromatic rings. The van der Waals surface area contributed by atoms with Gasteiger partial charge in [0.15, 0.2) is 0 Å². The maximum atomic E-state index is 12.2. The molecule has 0 amide bonds. The molecule has 25 heavy (non-hydrogen) atoms. The van der Waals surface area contributed by atoms with Crippen molar-refractivity contribution in [3.8, 4) is 0 Å². The first-order valence-electron chi connectivity index (χ1n) is 10.2. The maximum Gasteiger partial charge on any atom is 0.133 e. The van der Waals surface area contributed by atoms with E-state index in [4.69, 9.17) is 0 Å². The van der Waals surface area contributed by atoms with E-state index in [1.54, 1.807) is 6.92 Å². The summed E-state index contributed by atoms with van der Waals surface area (Å²) in [5, 5.41) is 0. The Kier molecular flexibility index (Phi) is 11.9. The normalized spacial score (nSPS) is 12.1. The summed E-state index contributed by atoms with van der Waals surface area (Å²) in [6.45, 7) is 3.83. The lowest BCUT2D eigenvalue weighted by atomic mass is 9.90. The van der Waals surface area contributed by atoms with Crippen molar-refractivity contribution in [2.24, 2.45) is 5.92 Å². The topological polar surface area (TPSA) is 34.1 Å². The van der Waals surface area contributed by atoms with Gasteiger partial charge < -0.3 is 4.79 Å². The Morgan fingerprint density at radius 1 is 0.880 bits per heavy atom. The predicted molar refractivity (Wildman–Crippen MR) is 106 cm³/mol. The molecule has 0 unspecified atom stereocenters. The highest BCUT2D eigenvalue weighted by Crippen LogP contribution is 2.21. The van der Waals surface area contributed by atoms with E-state index in [-0.39, 0.29) is 5.78 Å². The molecule has 0 aliphatic rings. The van der Waals surface area contributed by atoms with Crippen LogP contribution in [0.15, 0.2) is 30.3 Å². The third-order valence-corrected chi connectivity index (χ3v) is 4.90. The second-order valence-electron chi connectivity index (χ2n) is 7.39. The van der Waals surface area contributed by atoms with Crippen molar-refractivity contribution in [1.82, 2.24) is 0 Å². The summed E-state index contributed by atoms with van der Waals surface area (Å²) in [6, 6.07) is 10.6. The first-order valence-corrected chi connectivity index (χ1v) is 10.2. The Hall–Kier alpha value is -1.44. The van der Waals surface area contributed by atoms with Gasteiger partial charge in [-0.1, -0.05) is 69.4 Å². The van der Waals surface area contributed by atoms with E-state index in [9.17, 15) is 9.59 Å². The number of hydrogen-bond donors (Lipinski definition) is 0. The zero-order chi connectivity index (χ0) is 18.3. The Balaban J connectivity index is 2.13. The molecule has 1 aromatic carbocycles. The predicted octanol–water partition coefficient (Wildman–Crippen LogP) is 6.31. The highest BCUT2D eigenvalue weighted by molar-refractivity contribution is 5.79. The van der Waals surface area contributed by atoms with Crippen LogP contribution in [-0.2, 0) is 16.0 Å². The summed E-state index contributed by atoms with van der Waals surface area (Å²) in [5.41, 5.74) is 1.41. The highest BCUT2D eigenvalue weighted by atomic mass is 16.1. The van der Waals surface area contributed by atoms with Gasteiger partial charge in [-0.2, -0.15) is 0 Å². The van der Waals surface area contributed by atoms with Gasteiger partial charge in [0.1, 0.15) is 11.6 Å². The minimum Gasteiger partial charge on any atom is -0.300 e. The smallest absolute Gasteiger partial charge is 0.133 e. The van der Waals surface area contributed by atoms with E-state index < -0.39 is 0 Å². The van der Waals surface area contributed by atoms with E-state index in [1.807, 2.05) is 0 Å². The molecule has 0 saturated carbocycles. The molecule has 0 aliphatic carbocycles. The van der Waals surface area contributed by atoms with Crippen molar-refractivity contribution in [2.75, 3.05) is 0 Å². The molecule has 0 radical (unpaired) electrons. The molecule has 0 bridgehead atoms. The summed E-state index contributed by atoms with van der Waals surface area (Å²) in [4.78, 5) is 23.4. The van der Waals surface area contributed by atoms with Crippen molar-refractivity contribution >= 4 is 11.6 Å². The number of hydrogen-bond acceptors (Lipinski definition) is 2. The zero-order valence-corrected chi connectivity index (χ0v) is 16.3. The average Bonchev–Trinajstić information content (AvgIpc) is 2.61. The van der Waals surface area contributed by atoms with Crippen LogP contribution in [0.3, 0.4) is 0 Å². The van der Waals surface area contributed by atoms with Crippen LogP contribution in [0.1, 0.15) is 90.0 Å². The van der Waals surface area contributed by atoms with Gasteiger partial charge in [-0.15, -0.1) is 0 Å². The Morgan fingerprint density at radius 2 is 1.60 bits per heavy atom. The third-order valence-electron chi connectivity index (χ3n) is 4.90. The molecule has 0 spiro atoms. The summed E-state index contributed by atoms with van der Waals surface area (Å²) >= 11 is 0. The standard InChI is InChI=1S/C23H36O2/c1-3-4-12-22(18-17-20(2)24)19-23(25)16-11-6-5-8-13-21-14-9-7-10-15-21/h7,9-10,14-15,22H,3-6,8,11-13,16-19H2,1-2H3/t22-/m1/s1. The van der Waals surface area contributed by atoms with Gasteiger partial charge in [0.2, 0.25) is 0 Å². The molecule has 1 atom stereocenters. The van der Waals surface area contributed by atoms with Crippen LogP contribution in [0.25, 0.3) is 0 Å². The molecular weight excluding hydrogens is 308 g/mol. The van der Waals surface area contributed by atoms with E-state index in [1.165, 1.54) is 18.4 Å². The number of aryl methyl sites for hydroxylation is 1. The van der Waals surface area contributed by atoms with Crippen molar-refractivity contribution in [1.29, 1.82) is 0 Å². The van der Waals surface area contributed by atoms with Gasteiger partial charge in [0, 0.05) is 19.3 Å². The van der Waals surface area contributed by atoms with Crippen LogP contribution >= 0.6 is 0 Å². The molecule has 0 N–H and O–H groups in total. The second kappa shape index (κ2) is 13.8. The fourth-order valence-electron chi connectivity index (χ4n) is 3.32. The molecule has 0 fully saturated rings. The Morgan fingerprint density at radius 3 is 2.28 bits per heavy atom. The lowest BCUT2D eigenvalue weighted by Crippen LogP contribution is -2.10. The number of Topliss-reactive ketones (excluding diaryl/α,β-unsaturated/α-hetero) is 2. The van der Waals surface area contributed by atoms with Crippen molar-refractivity contribution in [3.05, 3.63) is 35.9 Å². The molecule has 140 valence electrons. The lowest BCUT2D eigenvalue weighted by molar-refractivity contribution is -0.121.